The minimum absolute atomic E-state index is 0.239. The van der Waals surface area contributed by atoms with E-state index in [0.717, 1.165) is 18.0 Å². The summed E-state index contributed by atoms with van der Waals surface area (Å²) in [6.07, 6.45) is 5.00. The Morgan fingerprint density at radius 2 is 2.18 bits per heavy atom. The van der Waals surface area contributed by atoms with Crippen molar-refractivity contribution in [3.8, 4) is 0 Å². The lowest BCUT2D eigenvalue weighted by Crippen LogP contribution is -2.27. The zero-order chi connectivity index (χ0) is 11.8. The summed E-state index contributed by atoms with van der Waals surface area (Å²) < 4.78 is 0. The summed E-state index contributed by atoms with van der Waals surface area (Å²) in [4.78, 5) is 12.2. The lowest BCUT2D eigenvalue weighted by Gasteiger charge is -2.20. The summed E-state index contributed by atoms with van der Waals surface area (Å²) in [7, 11) is 0. The minimum atomic E-state index is 0.239. The Balaban J connectivity index is 1.68. The van der Waals surface area contributed by atoms with Crippen molar-refractivity contribution >= 4 is 11.6 Å². The average molecular weight is 229 g/mol. The highest BCUT2D eigenvalue weighted by molar-refractivity contribution is 5.93. The molecule has 0 spiro atoms. The number of carbonyl (C=O) groups excluding carboxylic acids is 1. The molecular formula is C15H19NO. The molecule has 3 unspecified atom stereocenters. The summed E-state index contributed by atoms with van der Waals surface area (Å²) in [6.45, 7) is 2.05. The number of aryl methyl sites for hydroxylation is 1. The standard InChI is InChI=1S/C15H19NO/c1-10-3-2-4-13(7-10)16-15(17)14-9-11-5-6-12(14)8-11/h2-4,7,11-12,14H,5-6,8-9H2,1H3,(H,16,17). The van der Waals surface area contributed by atoms with E-state index in [4.69, 9.17) is 0 Å². The van der Waals surface area contributed by atoms with Crippen LogP contribution < -0.4 is 5.32 Å². The highest BCUT2D eigenvalue weighted by atomic mass is 16.1. The normalized spacial score (nSPS) is 30.5. The van der Waals surface area contributed by atoms with Gasteiger partial charge in [0, 0.05) is 11.6 Å². The van der Waals surface area contributed by atoms with Gasteiger partial charge in [-0.1, -0.05) is 18.6 Å². The number of hydrogen-bond donors (Lipinski definition) is 1. The van der Waals surface area contributed by atoms with Gasteiger partial charge in [-0.2, -0.15) is 0 Å². The van der Waals surface area contributed by atoms with Crippen LogP contribution in [0.1, 0.15) is 31.2 Å². The largest absolute Gasteiger partial charge is 0.326 e. The van der Waals surface area contributed by atoms with Crippen molar-refractivity contribution in [1.82, 2.24) is 0 Å². The molecule has 2 fully saturated rings. The Labute approximate surface area is 102 Å². The number of hydrogen-bond acceptors (Lipinski definition) is 1. The number of rotatable bonds is 2. The van der Waals surface area contributed by atoms with E-state index in [-0.39, 0.29) is 11.8 Å². The molecule has 3 rings (SSSR count). The molecule has 0 radical (unpaired) electrons. The van der Waals surface area contributed by atoms with Crippen LogP contribution in [0.3, 0.4) is 0 Å². The fourth-order valence-corrected chi connectivity index (χ4v) is 3.52. The van der Waals surface area contributed by atoms with Gasteiger partial charge in [0.15, 0.2) is 0 Å². The van der Waals surface area contributed by atoms with Crippen LogP contribution in [-0.2, 0) is 4.79 Å². The van der Waals surface area contributed by atoms with E-state index in [9.17, 15) is 4.79 Å². The smallest absolute Gasteiger partial charge is 0.227 e. The number of carbonyl (C=O) groups is 1. The van der Waals surface area contributed by atoms with Crippen LogP contribution in [0.4, 0.5) is 5.69 Å². The van der Waals surface area contributed by atoms with E-state index >= 15 is 0 Å². The molecular weight excluding hydrogens is 210 g/mol. The highest BCUT2D eigenvalue weighted by Gasteiger charge is 2.42. The second-order valence-corrected chi connectivity index (χ2v) is 5.64. The second kappa shape index (κ2) is 4.17. The number of nitrogens with one attached hydrogen (secondary N) is 1. The van der Waals surface area contributed by atoms with E-state index in [1.165, 1.54) is 24.8 Å². The lowest BCUT2D eigenvalue weighted by atomic mass is 9.88. The first-order chi connectivity index (χ1) is 8.22. The maximum atomic E-state index is 12.2. The Bertz CT molecular complexity index is 440. The first-order valence-corrected chi connectivity index (χ1v) is 6.60. The van der Waals surface area contributed by atoms with Crippen molar-refractivity contribution in [3.63, 3.8) is 0 Å². The SMILES string of the molecule is Cc1cccc(NC(=O)C2CC3CCC2C3)c1. The van der Waals surface area contributed by atoms with Crippen molar-refractivity contribution in [1.29, 1.82) is 0 Å². The molecule has 0 aliphatic heterocycles. The Morgan fingerprint density at radius 3 is 2.82 bits per heavy atom. The fraction of sp³-hybridized carbons (Fsp3) is 0.533. The van der Waals surface area contributed by atoms with Gasteiger partial charge >= 0.3 is 0 Å². The van der Waals surface area contributed by atoms with Crippen LogP contribution in [0.2, 0.25) is 0 Å². The summed E-state index contributed by atoms with van der Waals surface area (Å²) in [5.74, 6) is 2.00. The Morgan fingerprint density at radius 1 is 1.29 bits per heavy atom. The van der Waals surface area contributed by atoms with Gasteiger partial charge in [0.1, 0.15) is 0 Å². The number of benzene rings is 1. The zero-order valence-electron chi connectivity index (χ0n) is 10.3. The quantitative estimate of drug-likeness (QED) is 0.827. The van der Waals surface area contributed by atoms with E-state index in [1.54, 1.807) is 0 Å². The first kappa shape index (κ1) is 10.8. The molecule has 0 heterocycles. The van der Waals surface area contributed by atoms with Crippen LogP contribution >= 0.6 is 0 Å². The number of amides is 1. The maximum absolute atomic E-state index is 12.2. The molecule has 1 aromatic carbocycles. The molecule has 2 heteroatoms. The molecule has 0 saturated heterocycles. The van der Waals surface area contributed by atoms with E-state index in [1.807, 2.05) is 31.2 Å². The first-order valence-electron chi connectivity index (χ1n) is 6.60. The van der Waals surface area contributed by atoms with Gasteiger partial charge in [0.2, 0.25) is 5.91 Å². The van der Waals surface area contributed by atoms with Crippen molar-refractivity contribution < 1.29 is 4.79 Å². The zero-order valence-corrected chi connectivity index (χ0v) is 10.3. The number of anilines is 1. The van der Waals surface area contributed by atoms with Crippen LogP contribution in [-0.4, -0.2) is 5.91 Å². The molecule has 2 aliphatic carbocycles. The molecule has 1 amide bonds. The summed E-state index contributed by atoms with van der Waals surface area (Å²) in [5.41, 5.74) is 2.13. The van der Waals surface area contributed by atoms with Crippen molar-refractivity contribution in [2.24, 2.45) is 17.8 Å². The molecule has 2 nitrogen and oxygen atoms in total. The second-order valence-electron chi connectivity index (χ2n) is 5.64. The third-order valence-corrected chi connectivity index (χ3v) is 4.36. The van der Waals surface area contributed by atoms with Gasteiger partial charge in [-0.25, -0.2) is 0 Å². The summed E-state index contributed by atoms with van der Waals surface area (Å²) in [6, 6.07) is 8.04. The van der Waals surface area contributed by atoms with E-state index < -0.39 is 0 Å². The van der Waals surface area contributed by atoms with Gasteiger partial charge < -0.3 is 5.32 Å². The molecule has 2 bridgehead atoms. The highest BCUT2D eigenvalue weighted by Crippen LogP contribution is 2.48. The minimum Gasteiger partial charge on any atom is -0.326 e. The predicted octanol–water partition coefficient (Wildman–Crippen LogP) is 3.37. The van der Waals surface area contributed by atoms with Gasteiger partial charge in [0.25, 0.3) is 0 Å². The van der Waals surface area contributed by atoms with Gasteiger partial charge in [-0.15, -0.1) is 0 Å². The molecule has 17 heavy (non-hydrogen) atoms. The monoisotopic (exact) mass is 229 g/mol. The maximum Gasteiger partial charge on any atom is 0.227 e. The predicted molar refractivity (Wildman–Crippen MR) is 68.7 cm³/mol. The van der Waals surface area contributed by atoms with Crippen molar-refractivity contribution in [2.45, 2.75) is 32.6 Å². The van der Waals surface area contributed by atoms with Gasteiger partial charge in [-0.3, -0.25) is 4.79 Å². The van der Waals surface area contributed by atoms with E-state index in [0.29, 0.717) is 5.92 Å². The van der Waals surface area contributed by atoms with Gasteiger partial charge in [0.05, 0.1) is 0 Å². The van der Waals surface area contributed by atoms with Crippen molar-refractivity contribution in [2.75, 3.05) is 5.32 Å². The lowest BCUT2D eigenvalue weighted by molar-refractivity contribution is -0.121. The summed E-state index contributed by atoms with van der Waals surface area (Å²) in [5, 5.41) is 3.07. The third-order valence-electron chi connectivity index (χ3n) is 4.36. The number of fused-ring (bicyclic) bond motifs is 2. The molecule has 0 aromatic heterocycles. The molecule has 1 aromatic rings. The Kier molecular flexibility index (Phi) is 2.65. The topological polar surface area (TPSA) is 29.1 Å². The molecule has 2 aliphatic rings. The van der Waals surface area contributed by atoms with Gasteiger partial charge in [-0.05, 0) is 55.7 Å². The van der Waals surface area contributed by atoms with Crippen LogP contribution in [0.15, 0.2) is 24.3 Å². The van der Waals surface area contributed by atoms with Crippen LogP contribution in [0.5, 0.6) is 0 Å². The van der Waals surface area contributed by atoms with E-state index in [2.05, 4.69) is 5.32 Å². The molecule has 1 N–H and O–H groups in total. The Hall–Kier alpha value is -1.31. The molecule has 90 valence electrons. The summed E-state index contributed by atoms with van der Waals surface area (Å²) >= 11 is 0. The fourth-order valence-electron chi connectivity index (χ4n) is 3.52. The average Bonchev–Trinajstić information content (AvgIpc) is 2.90. The molecule has 3 atom stereocenters. The van der Waals surface area contributed by atoms with Crippen molar-refractivity contribution in [3.05, 3.63) is 29.8 Å². The van der Waals surface area contributed by atoms with Crippen LogP contribution in [0.25, 0.3) is 0 Å². The third kappa shape index (κ3) is 2.08. The van der Waals surface area contributed by atoms with Crippen LogP contribution in [0, 0.1) is 24.7 Å². The molecule has 2 saturated carbocycles.